The molecule has 0 unspecified atom stereocenters. The highest BCUT2D eigenvalue weighted by Crippen LogP contribution is 2.29. The number of rotatable bonds is 7. The van der Waals surface area contributed by atoms with Gasteiger partial charge in [0, 0.05) is 24.4 Å². The summed E-state index contributed by atoms with van der Waals surface area (Å²) >= 11 is 0. The number of aromatic nitrogens is 4. The number of amides is 1. The molecule has 0 spiro atoms. The van der Waals surface area contributed by atoms with Gasteiger partial charge in [-0.2, -0.15) is 5.10 Å². The van der Waals surface area contributed by atoms with Gasteiger partial charge in [0.1, 0.15) is 0 Å². The third-order valence-corrected chi connectivity index (χ3v) is 4.88. The SMILES string of the molecule is COc1cc2ncn(CCCC(=O)Nc3cccc4cn[nH]c34)c(=O)c2cc1OC. The first-order valence-electron chi connectivity index (χ1n) is 9.44. The van der Waals surface area contributed by atoms with Crippen molar-refractivity contribution in [1.82, 2.24) is 19.7 Å². The van der Waals surface area contributed by atoms with Crippen molar-refractivity contribution in [3.8, 4) is 11.5 Å². The number of carbonyl (C=O) groups excluding carboxylic acids is 1. The second-order valence-electron chi connectivity index (χ2n) is 6.76. The molecule has 0 aliphatic heterocycles. The van der Waals surface area contributed by atoms with E-state index in [0.29, 0.717) is 41.1 Å². The second kappa shape index (κ2) is 8.24. The Morgan fingerprint density at radius 1 is 1.20 bits per heavy atom. The average molecular weight is 407 g/mol. The van der Waals surface area contributed by atoms with Gasteiger partial charge in [-0.05, 0) is 18.6 Å². The summed E-state index contributed by atoms with van der Waals surface area (Å²) in [5, 5.41) is 11.1. The van der Waals surface area contributed by atoms with Crippen molar-refractivity contribution in [2.24, 2.45) is 0 Å². The molecule has 9 nitrogen and oxygen atoms in total. The summed E-state index contributed by atoms with van der Waals surface area (Å²) in [6.45, 7) is 0.373. The van der Waals surface area contributed by atoms with Crippen molar-refractivity contribution >= 4 is 33.4 Å². The number of aryl methyl sites for hydroxylation is 1. The van der Waals surface area contributed by atoms with Crippen molar-refractivity contribution < 1.29 is 14.3 Å². The first-order valence-corrected chi connectivity index (χ1v) is 9.44. The number of carbonyl (C=O) groups is 1. The topological polar surface area (TPSA) is 111 Å². The monoisotopic (exact) mass is 407 g/mol. The smallest absolute Gasteiger partial charge is 0.261 e. The summed E-state index contributed by atoms with van der Waals surface area (Å²) in [6.07, 6.45) is 3.95. The molecule has 0 fully saturated rings. The number of nitrogens with zero attached hydrogens (tertiary/aromatic N) is 3. The number of para-hydroxylation sites is 1. The van der Waals surface area contributed by atoms with Crippen LogP contribution in [0.3, 0.4) is 0 Å². The minimum Gasteiger partial charge on any atom is -0.493 e. The van der Waals surface area contributed by atoms with E-state index in [-0.39, 0.29) is 17.9 Å². The van der Waals surface area contributed by atoms with Crippen LogP contribution in [0.2, 0.25) is 0 Å². The molecular formula is C21H21N5O4. The van der Waals surface area contributed by atoms with Gasteiger partial charge in [0.2, 0.25) is 5.91 Å². The van der Waals surface area contributed by atoms with Crippen LogP contribution < -0.4 is 20.3 Å². The maximum Gasteiger partial charge on any atom is 0.261 e. The Hall–Kier alpha value is -3.88. The summed E-state index contributed by atoms with van der Waals surface area (Å²) in [7, 11) is 3.05. The molecule has 30 heavy (non-hydrogen) atoms. The Balaban J connectivity index is 1.44. The molecule has 2 heterocycles. The predicted molar refractivity (Wildman–Crippen MR) is 113 cm³/mol. The molecule has 0 bridgehead atoms. The summed E-state index contributed by atoms with van der Waals surface area (Å²) in [5.74, 6) is 0.845. The average Bonchev–Trinajstić information content (AvgIpc) is 3.24. The lowest BCUT2D eigenvalue weighted by Gasteiger charge is -2.11. The Morgan fingerprint density at radius 2 is 2.00 bits per heavy atom. The normalized spacial score (nSPS) is 11.0. The Kier molecular flexibility index (Phi) is 5.34. The third kappa shape index (κ3) is 3.69. The third-order valence-electron chi connectivity index (χ3n) is 4.88. The number of aromatic amines is 1. The molecule has 4 aromatic rings. The van der Waals surface area contributed by atoms with Gasteiger partial charge in [-0.1, -0.05) is 12.1 Å². The molecule has 0 aliphatic carbocycles. The van der Waals surface area contributed by atoms with E-state index in [1.54, 1.807) is 18.3 Å². The van der Waals surface area contributed by atoms with Crippen LogP contribution in [0.25, 0.3) is 21.8 Å². The Morgan fingerprint density at radius 3 is 2.80 bits per heavy atom. The van der Waals surface area contributed by atoms with Crippen LogP contribution in [0.5, 0.6) is 11.5 Å². The fraction of sp³-hybridized carbons (Fsp3) is 0.238. The molecule has 2 N–H and O–H groups in total. The van der Waals surface area contributed by atoms with Crippen LogP contribution >= 0.6 is 0 Å². The van der Waals surface area contributed by atoms with Crippen LogP contribution in [-0.4, -0.2) is 39.9 Å². The summed E-state index contributed by atoms with van der Waals surface area (Å²) < 4.78 is 12.0. The largest absolute Gasteiger partial charge is 0.493 e. The minimum atomic E-state index is -0.191. The van der Waals surface area contributed by atoms with Gasteiger partial charge in [0.15, 0.2) is 11.5 Å². The lowest BCUT2D eigenvalue weighted by Crippen LogP contribution is -2.22. The number of benzene rings is 2. The summed E-state index contributed by atoms with van der Waals surface area (Å²) in [4.78, 5) is 29.5. The fourth-order valence-electron chi connectivity index (χ4n) is 3.34. The van der Waals surface area contributed by atoms with E-state index in [2.05, 4.69) is 20.5 Å². The first-order chi connectivity index (χ1) is 14.6. The van der Waals surface area contributed by atoms with Crippen LogP contribution in [0.4, 0.5) is 5.69 Å². The van der Waals surface area contributed by atoms with Gasteiger partial charge in [-0.3, -0.25) is 19.3 Å². The van der Waals surface area contributed by atoms with Crippen LogP contribution in [0, 0.1) is 0 Å². The highest BCUT2D eigenvalue weighted by Gasteiger charge is 2.12. The lowest BCUT2D eigenvalue weighted by molar-refractivity contribution is -0.116. The zero-order chi connectivity index (χ0) is 21.1. The molecule has 4 rings (SSSR count). The quantitative estimate of drug-likeness (QED) is 0.487. The van der Waals surface area contributed by atoms with Crippen LogP contribution in [-0.2, 0) is 11.3 Å². The number of methoxy groups -OCH3 is 2. The molecule has 9 heteroatoms. The van der Waals surface area contributed by atoms with Gasteiger partial charge in [-0.25, -0.2) is 4.98 Å². The van der Waals surface area contributed by atoms with Gasteiger partial charge in [0.25, 0.3) is 5.56 Å². The standard InChI is InChI=1S/C21H21N5O4/c1-29-17-9-14-16(10-18(17)30-2)22-12-26(21(14)28)8-4-7-19(27)24-15-6-3-5-13-11-23-25-20(13)15/h3,5-6,9-12H,4,7-8H2,1-2H3,(H,23,25)(H,24,27). The molecule has 154 valence electrons. The van der Waals surface area contributed by atoms with Gasteiger partial charge < -0.3 is 14.8 Å². The van der Waals surface area contributed by atoms with E-state index in [4.69, 9.17) is 9.47 Å². The molecule has 0 saturated heterocycles. The fourth-order valence-corrected chi connectivity index (χ4v) is 3.34. The molecule has 0 saturated carbocycles. The maximum atomic E-state index is 12.8. The van der Waals surface area contributed by atoms with Gasteiger partial charge >= 0.3 is 0 Å². The van der Waals surface area contributed by atoms with Crippen molar-refractivity contribution in [3.63, 3.8) is 0 Å². The van der Waals surface area contributed by atoms with Crippen molar-refractivity contribution in [3.05, 3.63) is 53.2 Å². The van der Waals surface area contributed by atoms with E-state index in [0.717, 1.165) is 10.9 Å². The zero-order valence-electron chi connectivity index (χ0n) is 16.6. The Bertz CT molecular complexity index is 1280. The molecule has 1 amide bonds. The van der Waals surface area contributed by atoms with Gasteiger partial charge in [-0.15, -0.1) is 0 Å². The molecular weight excluding hydrogens is 386 g/mol. The highest BCUT2D eigenvalue weighted by molar-refractivity contribution is 6.00. The molecule has 2 aromatic heterocycles. The molecule has 0 radical (unpaired) electrons. The minimum absolute atomic E-state index is 0.134. The van der Waals surface area contributed by atoms with E-state index >= 15 is 0 Å². The van der Waals surface area contributed by atoms with E-state index < -0.39 is 0 Å². The number of fused-ring (bicyclic) bond motifs is 2. The highest BCUT2D eigenvalue weighted by atomic mass is 16.5. The van der Waals surface area contributed by atoms with Crippen molar-refractivity contribution in [1.29, 1.82) is 0 Å². The number of hydrogen-bond acceptors (Lipinski definition) is 6. The maximum absolute atomic E-state index is 12.8. The predicted octanol–water partition coefficient (Wildman–Crippen LogP) is 2.71. The second-order valence-corrected chi connectivity index (χ2v) is 6.76. The molecule has 0 aliphatic rings. The number of H-pyrrole nitrogens is 1. The van der Waals surface area contributed by atoms with Crippen molar-refractivity contribution in [2.75, 3.05) is 19.5 Å². The Labute approximate surface area is 171 Å². The first kappa shape index (κ1) is 19.4. The summed E-state index contributed by atoms with van der Waals surface area (Å²) in [6, 6.07) is 8.88. The van der Waals surface area contributed by atoms with Crippen LogP contribution in [0.1, 0.15) is 12.8 Å². The van der Waals surface area contributed by atoms with E-state index in [9.17, 15) is 9.59 Å². The van der Waals surface area contributed by atoms with Crippen LogP contribution in [0.15, 0.2) is 47.7 Å². The number of nitrogens with one attached hydrogen (secondary N) is 2. The van der Waals surface area contributed by atoms with Gasteiger partial charge in [0.05, 0.1) is 48.9 Å². The molecule has 2 aromatic carbocycles. The summed E-state index contributed by atoms with van der Waals surface area (Å²) in [5.41, 5.74) is 1.80. The van der Waals surface area contributed by atoms with E-state index in [1.165, 1.54) is 25.1 Å². The lowest BCUT2D eigenvalue weighted by atomic mass is 10.2. The molecule has 0 atom stereocenters. The number of anilines is 1. The number of hydrogen-bond donors (Lipinski definition) is 2. The van der Waals surface area contributed by atoms with Crippen molar-refractivity contribution in [2.45, 2.75) is 19.4 Å². The number of ether oxygens (including phenoxy) is 2. The van der Waals surface area contributed by atoms with E-state index in [1.807, 2.05) is 18.2 Å². The zero-order valence-corrected chi connectivity index (χ0v) is 16.6.